The van der Waals surface area contributed by atoms with Crippen molar-refractivity contribution in [3.05, 3.63) is 0 Å². The fourth-order valence-electron chi connectivity index (χ4n) is 1.23. The predicted molar refractivity (Wildman–Crippen MR) is 62.8 cm³/mol. The van der Waals surface area contributed by atoms with Gasteiger partial charge in [0.05, 0.1) is 0 Å². The molecule has 2 amide bonds. The Hall–Kier alpha value is -1.92. The first-order valence-electron chi connectivity index (χ1n) is 5.75. The maximum absolute atomic E-state index is 11.6. The van der Waals surface area contributed by atoms with Crippen molar-refractivity contribution in [3.8, 4) is 0 Å². The first kappa shape index (κ1) is 16.1. The molecule has 0 aliphatic heterocycles. The normalized spacial score (nSPS) is 11.4. The van der Waals surface area contributed by atoms with E-state index in [2.05, 4.69) is 10.6 Å². The zero-order valence-corrected chi connectivity index (χ0v) is 10.5. The van der Waals surface area contributed by atoms with Crippen LogP contribution in [0.2, 0.25) is 0 Å². The van der Waals surface area contributed by atoms with E-state index in [1.54, 1.807) is 6.92 Å². The van der Waals surface area contributed by atoms with E-state index in [1.807, 2.05) is 0 Å². The number of carbonyl (C=O) groups excluding carboxylic acids is 3. The third kappa shape index (κ3) is 5.97. The van der Waals surface area contributed by atoms with Crippen molar-refractivity contribution in [2.24, 2.45) is 0 Å². The largest absolute Gasteiger partial charge is 0.481 e. The van der Waals surface area contributed by atoms with Gasteiger partial charge in [0.1, 0.15) is 6.04 Å². The lowest BCUT2D eigenvalue weighted by Gasteiger charge is -2.16. The highest BCUT2D eigenvalue weighted by atomic mass is 16.4. The topological polar surface area (TPSA) is 113 Å². The number of aliphatic carboxylic acids is 1. The van der Waals surface area contributed by atoms with Crippen LogP contribution in [0.3, 0.4) is 0 Å². The van der Waals surface area contributed by atoms with E-state index in [1.165, 1.54) is 6.92 Å². The Kier molecular flexibility index (Phi) is 7.34. The molecule has 7 nitrogen and oxygen atoms in total. The van der Waals surface area contributed by atoms with Crippen molar-refractivity contribution in [1.82, 2.24) is 10.6 Å². The van der Waals surface area contributed by atoms with Gasteiger partial charge in [-0.1, -0.05) is 6.92 Å². The maximum Gasteiger partial charge on any atom is 0.303 e. The molecule has 0 spiro atoms. The molecule has 0 aromatic rings. The molecule has 0 aliphatic rings. The molecule has 0 rings (SSSR count). The number of carbonyl (C=O) groups is 4. The number of likely N-dealkylation sites (N-methyl/N-ethyl adjacent to an activating group) is 1. The highest BCUT2D eigenvalue weighted by Gasteiger charge is 2.23. The molecule has 18 heavy (non-hydrogen) atoms. The van der Waals surface area contributed by atoms with Gasteiger partial charge in [-0.05, 0) is 13.3 Å². The van der Waals surface area contributed by atoms with Crippen molar-refractivity contribution in [2.75, 3.05) is 6.54 Å². The van der Waals surface area contributed by atoms with E-state index in [0.29, 0.717) is 6.54 Å². The van der Waals surface area contributed by atoms with E-state index in [9.17, 15) is 19.2 Å². The Bertz CT molecular complexity index is 340. The quantitative estimate of drug-likeness (QED) is 0.506. The molecular formula is C11H18N2O5. The van der Waals surface area contributed by atoms with Gasteiger partial charge in [-0.15, -0.1) is 0 Å². The highest BCUT2D eigenvalue weighted by molar-refractivity contribution is 6.36. The van der Waals surface area contributed by atoms with E-state index in [-0.39, 0.29) is 19.3 Å². The Labute approximate surface area is 105 Å². The predicted octanol–water partition coefficient (Wildman–Crippen LogP) is -0.549. The molecule has 0 saturated carbocycles. The minimum atomic E-state index is -1.07. The standard InChI is InChI=1S/C11H18N2O5/c1-3-8(14)11(18)13-7(5-6-9(15)16)10(17)12-4-2/h7H,3-6H2,1-2H3,(H,12,17)(H,13,18)(H,15,16)/t7-/m0/s1. The summed E-state index contributed by atoms with van der Waals surface area (Å²) in [6.07, 6.45) is -0.279. The van der Waals surface area contributed by atoms with Gasteiger partial charge in [0.2, 0.25) is 11.7 Å². The minimum Gasteiger partial charge on any atom is -0.481 e. The van der Waals surface area contributed by atoms with E-state index in [4.69, 9.17) is 5.11 Å². The van der Waals surface area contributed by atoms with Gasteiger partial charge in [0, 0.05) is 19.4 Å². The summed E-state index contributed by atoms with van der Waals surface area (Å²) in [7, 11) is 0. The molecular weight excluding hydrogens is 240 g/mol. The minimum absolute atomic E-state index is 0.0346. The van der Waals surface area contributed by atoms with E-state index in [0.717, 1.165) is 0 Å². The Morgan fingerprint density at radius 2 is 1.78 bits per heavy atom. The van der Waals surface area contributed by atoms with Crippen LogP contribution in [0.4, 0.5) is 0 Å². The molecule has 0 bridgehead atoms. The molecule has 0 saturated heterocycles. The Morgan fingerprint density at radius 1 is 1.17 bits per heavy atom. The fourth-order valence-corrected chi connectivity index (χ4v) is 1.23. The molecule has 0 aromatic heterocycles. The zero-order chi connectivity index (χ0) is 14.1. The lowest BCUT2D eigenvalue weighted by atomic mass is 10.1. The lowest BCUT2D eigenvalue weighted by molar-refractivity contribution is -0.140. The average molecular weight is 258 g/mol. The van der Waals surface area contributed by atoms with E-state index >= 15 is 0 Å². The number of hydrogen-bond acceptors (Lipinski definition) is 4. The van der Waals surface area contributed by atoms with Crippen molar-refractivity contribution in [3.63, 3.8) is 0 Å². The molecule has 0 aliphatic carbocycles. The van der Waals surface area contributed by atoms with Gasteiger partial charge in [-0.2, -0.15) is 0 Å². The molecule has 0 fully saturated rings. The second kappa shape index (κ2) is 8.21. The SMILES string of the molecule is CCNC(=O)[C@H](CCC(=O)O)NC(=O)C(=O)CC. The van der Waals surface area contributed by atoms with Gasteiger partial charge >= 0.3 is 5.97 Å². The summed E-state index contributed by atoms with van der Waals surface area (Å²) in [6, 6.07) is -0.996. The lowest BCUT2D eigenvalue weighted by Crippen LogP contribution is -2.48. The van der Waals surface area contributed by atoms with Crippen LogP contribution in [-0.4, -0.2) is 41.3 Å². The smallest absolute Gasteiger partial charge is 0.303 e. The zero-order valence-electron chi connectivity index (χ0n) is 10.5. The molecule has 0 radical (unpaired) electrons. The number of carboxylic acid groups (broad SMARTS) is 1. The first-order chi connectivity index (χ1) is 8.42. The second-order valence-electron chi connectivity index (χ2n) is 3.63. The van der Waals surface area contributed by atoms with Gasteiger partial charge < -0.3 is 15.7 Å². The number of rotatable bonds is 8. The van der Waals surface area contributed by atoms with Gasteiger partial charge in [-0.3, -0.25) is 19.2 Å². The highest BCUT2D eigenvalue weighted by Crippen LogP contribution is 1.99. The Morgan fingerprint density at radius 3 is 2.22 bits per heavy atom. The van der Waals surface area contributed by atoms with E-state index < -0.39 is 29.6 Å². The number of ketones is 1. The third-order valence-electron chi connectivity index (χ3n) is 2.19. The summed E-state index contributed by atoms with van der Waals surface area (Å²) in [5.41, 5.74) is 0. The monoisotopic (exact) mass is 258 g/mol. The van der Waals surface area contributed by atoms with Crippen molar-refractivity contribution in [1.29, 1.82) is 0 Å². The van der Waals surface area contributed by atoms with Crippen LogP contribution in [0.15, 0.2) is 0 Å². The first-order valence-corrected chi connectivity index (χ1v) is 5.75. The molecule has 0 unspecified atom stereocenters. The summed E-state index contributed by atoms with van der Waals surface area (Å²) < 4.78 is 0. The number of hydrogen-bond donors (Lipinski definition) is 3. The molecule has 3 N–H and O–H groups in total. The van der Waals surface area contributed by atoms with Crippen LogP contribution < -0.4 is 10.6 Å². The Balaban J connectivity index is 4.55. The summed E-state index contributed by atoms with van der Waals surface area (Å²) in [5.74, 6) is -3.06. The molecule has 0 heterocycles. The van der Waals surface area contributed by atoms with Crippen LogP contribution in [0.1, 0.15) is 33.1 Å². The van der Waals surface area contributed by atoms with Gasteiger partial charge in [-0.25, -0.2) is 0 Å². The van der Waals surface area contributed by atoms with Crippen molar-refractivity contribution in [2.45, 2.75) is 39.2 Å². The number of carboxylic acids is 1. The van der Waals surface area contributed by atoms with Gasteiger partial charge in [0.15, 0.2) is 0 Å². The molecule has 7 heteroatoms. The van der Waals surface area contributed by atoms with Crippen LogP contribution in [0.5, 0.6) is 0 Å². The summed E-state index contributed by atoms with van der Waals surface area (Å²) >= 11 is 0. The van der Waals surface area contributed by atoms with Crippen LogP contribution in [0, 0.1) is 0 Å². The fraction of sp³-hybridized carbons (Fsp3) is 0.636. The molecule has 0 aromatic carbocycles. The third-order valence-corrected chi connectivity index (χ3v) is 2.19. The van der Waals surface area contributed by atoms with Crippen LogP contribution in [0.25, 0.3) is 0 Å². The molecule has 102 valence electrons. The second-order valence-corrected chi connectivity index (χ2v) is 3.63. The van der Waals surface area contributed by atoms with Gasteiger partial charge in [0.25, 0.3) is 5.91 Å². The van der Waals surface area contributed by atoms with Crippen LogP contribution in [-0.2, 0) is 19.2 Å². The summed E-state index contributed by atoms with van der Waals surface area (Å²) in [5, 5.41) is 13.3. The average Bonchev–Trinajstić information content (AvgIpc) is 2.32. The number of Topliss-reactive ketones (excluding diaryl/α,β-unsaturated/α-hetero) is 1. The van der Waals surface area contributed by atoms with Crippen molar-refractivity contribution < 1.29 is 24.3 Å². The summed E-state index contributed by atoms with van der Waals surface area (Å²) in [4.78, 5) is 44.5. The van der Waals surface area contributed by atoms with Crippen LogP contribution >= 0.6 is 0 Å². The maximum atomic E-state index is 11.6. The number of nitrogens with one attached hydrogen (secondary N) is 2. The van der Waals surface area contributed by atoms with Crippen molar-refractivity contribution >= 4 is 23.6 Å². The number of amides is 2. The molecule has 1 atom stereocenters. The summed E-state index contributed by atoms with van der Waals surface area (Å²) in [6.45, 7) is 3.59.